The number of guanidine groups is 1. The van der Waals surface area contributed by atoms with Gasteiger partial charge in [-0.2, -0.15) is 0 Å². The molecule has 1 aliphatic heterocycles. The fraction of sp³-hybridized carbons (Fsp3) is 0.567. The van der Waals surface area contributed by atoms with Crippen molar-refractivity contribution >= 4 is 28.5 Å². The second-order valence-corrected chi connectivity index (χ2v) is 11.5. The van der Waals surface area contributed by atoms with Crippen LogP contribution in [0, 0.1) is 23.2 Å². The van der Waals surface area contributed by atoms with Crippen molar-refractivity contribution in [2.75, 3.05) is 26.2 Å². The van der Waals surface area contributed by atoms with E-state index < -0.39 is 0 Å². The van der Waals surface area contributed by atoms with Crippen molar-refractivity contribution < 1.29 is 9.59 Å². The number of carbonyl (C=O) groups excluding carboxylic acids is 2. The molecule has 3 aliphatic rings. The monoisotopic (exact) mass is 518 g/mol. The summed E-state index contributed by atoms with van der Waals surface area (Å²) in [5.74, 6) is 2.58. The minimum atomic E-state index is -0.297. The van der Waals surface area contributed by atoms with Crippen molar-refractivity contribution in [1.29, 1.82) is 5.41 Å². The predicted molar refractivity (Wildman–Crippen MR) is 151 cm³/mol. The first kappa shape index (κ1) is 26.5. The zero-order valence-corrected chi connectivity index (χ0v) is 22.3. The lowest BCUT2D eigenvalue weighted by Crippen LogP contribution is -2.49. The molecule has 1 saturated heterocycles. The lowest BCUT2D eigenvalue weighted by Gasteiger charge is -2.28. The van der Waals surface area contributed by atoms with Gasteiger partial charge in [-0.05, 0) is 85.6 Å². The number of hydrogen-bond donors (Lipinski definition) is 5. The maximum absolute atomic E-state index is 13.6. The Bertz CT molecular complexity index is 1150. The van der Waals surface area contributed by atoms with Gasteiger partial charge in [-0.3, -0.25) is 15.0 Å². The average molecular weight is 519 g/mol. The Morgan fingerprint density at radius 3 is 2.66 bits per heavy atom. The second-order valence-electron chi connectivity index (χ2n) is 11.5. The summed E-state index contributed by atoms with van der Waals surface area (Å²) in [6, 6.07) is 13.5. The number of nitrogens with two attached hydrogens (primary N) is 1. The maximum atomic E-state index is 13.6. The molecular formula is C30H42N6O2. The molecule has 2 bridgehead atoms. The minimum Gasteiger partial charge on any atom is -0.370 e. The maximum Gasteiger partial charge on any atom is 0.251 e. The van der Waals surface area contributed by atoms with Crippen LogP contribution in [0.1, 0.15) is 61.7 Å². The molecule has 1 heterocycles. The van der Waals surface area contributed by atoms with E-state index in [1.54, 1.807) is 0 Å². The van der Waals surface area contributed by atoms with Crippen LogP contribution in [0.5, 0.6) is 0 Å². The van der Waals surface area contributed by atoms with Gasteiger partial charge in [-0.15, -0.1) is 0 Å². The molecule has 0 radical (unpaired) electrons. The Hall–Kier alpha value is -3.13. The lowest BCUT2D eigenvalue weighted by atomic mass is 9.86. The fourth-order valence-corrected chi connectivity index (χ4v) is 6.90. The Morgan fingerprint density at radius 2 is 1.89 bits per heavy atom. The first-order valence-electron chi connectivity index (χ1n) is 14.4. The third-order valence-electron chi connectivity index (χ3n) is 8.95. The van der Waals surface area contributed by atoms with Crippen LogP contribution in [-0.4, -0.2) is 60.9 Å². The number of benzene rings is 2. The molecule has 3 fully saturated rings. The van der Waals surface area contributed by atoms with E-state index in [1.807, 2.05) is 42.5 Å². The van der Waals surface area contributed by atoms with Crippen molar-refractivity contribution in [2.24, 2.45) is 23.5 Å². The van der Waals surface area contributed by atoms with E-state index in [-0.39, 0.29) is 29.9 Å². The highest BCUT2D eigenvalue weighted by Gasteiger charge is 2.40. The topological polar surface area (TPSA) is 123 Å². The van der Waals surface area contributed by atoms with Crippen molar-refractivity contribution in [1.82, 2.24) is 20.9 Å². The van der Waals surface area contributed by atoms with Crippen molar-refractivity contribution in [2.45, 2.75) is 63.5 Å². The molecule has 8 heteroatoms. The number of nitrogens with zero attached hydrogens (tertiary/aromatic N) is 1. The van der Waals surface area contributed by atoms with Gasteiger partial charge in [-0.1, -0.05) is 36.8 Å². The van der Waals surface area contributed by atoms with Crippen LogP contribution in [0.3, 0.4) is 0 Å². The van der Waals surface area contributed by atoms with E-state index in [2.05, 4.69) is 20.9 Å². The smallest absolute Gasteiger partial charge is 0.251 e. The van der Waals surface area contributed by atoms with Crippen LogP contribution in [0.25, 0.3) is 10.8 Å². The summed E-state index contributed by atoms with van der Waals surface area (Å²) in [5.41, 5.74) is 6.07. The number of rotatable bonds is 10. The van der Waals surface area contributed by atoms with Crippen molar-refractivity contribution in [3.63, 3.8) is 0 Å². The van der Waals surface area contributed by atoms with Gasteiger partial charge in [0.2, 0.25) is 5.91 Å². The van der Waals surface area contributed by atoms with Gasteiger partial charge < -0.3 is 26.6 Å². The molecule has 0 aromatic heterocycles. The first-order valence-corrected chi connectivity index (χ1v) is 14.4. The van der Waals surface area contributed by atoms with E-state index in [1.165, 1.54) is 25.7 Å². The van der Waals surface area contributed by atoms with Crippen LogP contribution in [-0.2, 0) is 4.79 Å². The first-order chi connectivity index (χ1) is 18.5. The third kappa shape index (κ3) is 6.46. The van der Waals surface area contributed by atoms with Crippen LogP contribution in [0.2, 0.25) is 0 Å². The van der Waals surface area contributed by atoms with Crippen LogP contribution in [0.15, 0.2) is 42.5 Å². The van der Waals surface area contributed by atoms with Crippen molar-refractivity contribution in [3.8, 4) is 0 Å². The lowest BCUT2D eigenvalue weighted by molar-refractivity contribution is -0.133. The van der Waals surface area contributed by atoms with Gasteiger partial charge in [0.1, 0.15) is 0 Å². The van der Waals surface area contributed by atoms with Gasteiger partial charge in [0, 0.05) is 37.8 Å². The molecular weight excluding hydrogens is 476 g/mol. The van der Waals surface area contributed by atoms with E-state index in [9.17, 15) is 9.59 Å². The van der Waals surface area contributed by atoms with Crippen LogP contribution < -0.4 is 21.7 Å². The van der Waals surface area contributed by atoms with Crippen LogP contribution >= 0.6 is 0 Å². The largest absolute Gasteiger partial charge is 0.370 e. The Kier molecular flexibility index (Phi) is 8.47. The summed E-state index contributed by atoms with van der Waals surface area (Å²) in [7, 11) is 0. The van der Waals surface area contributed by atoms with Gasteiger partial charge in [-0.25, -0.2) is 0 Å². The SMILES string of the molecule is N=C(N)NCCC[C@@H]1N[C@H](CNC(=O)c2ccc3ccccc3c2)CCN(CCC2CC3CCC2C3)C1=O. The highest BCUT2D eigenvalue weighted by Crippen LogP contribution is 2.49. The predicted octanol–water partition coefficient (Wildman–Crippen LogP) is 3.22. The van der Waals surface area contributed by atoms with Crippen LogP contribution in [0.4, 0.5) is 0 Å². The summed E-state index contributed by atoms with van der Waals surface area (Å²) in [5, 5.41) is 19.0. The molecule has 38 heavy (non-hydrogen) atoms. The number of fused-ring (bicyclic) bond motifs is 3. The number of nitrogens with one attached hydrogen (secondary N) is 4. The molecule has 2 aliphatic carbocycles. The molecule has 6 N–H and O–H groups in total. The van der Waals surface area contributed by atoms with Gasteiger partial charge in [0.15, 0.2) is 5.96 Å². The van der Waals surface area contributed by atoms with Gasteiger partial charge in [0.25, 0.3) is 5.91 Å². The molecule has 2 saturated carbocycles. The Morgan fingerprint density at radius 1 is 1.05 bits per heavy atom. The summed E-state index contributed by atoms with van der Waals surface area (Å²) in [6.45, 7) is 2.58. The van der Waals surface area contributed by atoms with Crippen molar-refractivity contribution in [3.05, 3.63) is 48.0 Å². The Labute approximate surface area is 225 Å². The summed E-state index contributed by atoms with van der Waals surface area (Å²) >= 11 is 0. The standard InChI is InChI=1S/C30H42N6O2/c31-30(32)33-13-3-6-27-29(38)36(14-11-24-17-20-7-8-23(24)16-20)15-12-26(35-27)19-34-28(37)25-10-9-21-4-1-2-5-22(21)18-25/h1-2,4-5,9-10,18,20,23-24,26-27,35H,3,6-8,11-17,19H2,(H,34,37)(H4,31,32,33)/t20?,23?,24?,26-,27-/m0/s1. The average Bonchev–Trinajstić information content (AvgIpc) is 3.52. The fourth-order valence-electron chi connectivity index (χ4n) is 6.90. The number of hydrogen-bond acceptors (Lipinski definition) is 4. The molecule has 5 rings (SSSR count). The van der Waals surface area contributed by atoms with E-state index in [4.69, 9.17) is 11.1 Å². The number of amides is 2. The van der Waals surface area contributed by atoms with E-state index in [0.29, 0.717) is 31.6 Å². The van der Waals surface area contributed by atoms with Gasteiger partial charge >= 0.3 is 0 Å². The summed E-state index contributed by atoms with van der Waals surface area (Å²) in [4.78, 5) is 28.6. The summed E-state index contributed by atoms with van der Waals surface area (Å²) in [6.07, 6.45) is 8.82. The highest BCUT2D eigenvalue weighted by atomic mass is 16.2. The Balaban J connectivity index is 1.19. The molecule has 2 amide bonds. The molecule has 3 unspecified atom stereocenters. The zero-order chi connectivity index (χ0) is 26.5. The summed E-state index contributed by atoms with van der Waals surface area (Å²) < 4.78 is 0. The second kappa shape index (κ2) is 12.2. The quantitative estimate of drug-likeness (QED) is 0.188. The highest BCUT2D eigenvalue weighted by molar-refractivity contribution is 5.98. The third-order valence-corrected chi connectivity index (χ3v) is 8.95. The van der Waals surface area contributed by atoms with E-state index in [0.717, 1.165) is 54.3 Å². The molecule has 204 valence electrons. The number of carbonyl (C=O) groups is 2. The minimum absolute atomic E-state index is 0.0154. The normalized spacial score (nSPS) is 26.9. The molecule has 2 aromatic carbocycles. The van der Waals surface area contributed by atoms with Gasteiger partial charge in [0.05, 0.1) is 6.04 Å². The molecule has 8 nitrogen and oxygen atoms in total. The molecule has 2 aromatic rings. The molecule has 0 spiro atoms. The van der Waals surface area contributed by atoms with E-state index >= 15 is 0 Å². The molecule has 5 atom stereocenters. The zero-order valence-electron chi connectivity index (χ0n) is 22.3.